The third kappa shape index (κ3) is 2.58. The molecule has 2 saturated heterocycles. The molecule has 120 valence electrons. The summed E-state index contributed by atoms with van der Waals surface area (Å²) in [5.41, 5.74) is 1.22. The lowest BCUT2D eigenvalue weighted by molar-refractivity contribution is -0.146. The number of rotatable bonds is 1. The van der Waals surface area contributed by atoms with Gasteiger partial charge in [-0.2, -0.15) is 0 Å². The zero-order chi connectivity index (χ0) is 16.1. The molecule has 2 aliphatic heterocycles. The van der Waals surface area contributed by atoms with Crippen LogP contribution in [0.3, 0.4) is 0 Å². The van der Waals surface area contributed by atoms with Crippen molar-refractivity contribution in [2.24, 2.45) is 5.92 Å². The summed E-state index contributed by atoms with van der Waals surface area (Å²) < 4.78 is 16.8. The molecule has 0 bridgehead atoms. The first-order chi connectivity index (χ1) is 10.3. The van der Waals surface area contributed by atoms with Gasteiger partial charge in [-0.3, -0.25) is 4.79 Å². The minimum Gasteiger partial charge on any atom is -0.458 e. The lowest BCUT2D eigenvalue weighted by atomic mass is 9.83. The van der Waals surface area contributed by atoms with Crippen LogP contribution in [0.4, 0.5) is 0 Å². The third-order valence-corrected chi connectivity index (χ3v) is 4.98. The summed E-state index contributed by atoms with van der Waals surface area (Å²) >= 11 is 0. The topological polar surface area (TPSA) is 65.1 Å². The highest BCUT2D eigenvalue weighted by molar-refractivity contribution is 5.91. The first-order valence-electron chi connectivity index (χ1n) is 7.73. The molecule has 0 aromatic heterocycles. The zero-order valence-electron chi connectivity index (χ0n) is 13.3. The number of ether oxygens (including phenoxy) is 3. The minimum absolute atomic E-state index is 0.0921. The van der Waals surface area contributed by atoms with E-state index in [0.717, 1.165) is 18.4 Å². The monoisotopic (exact) mass is 306 g/mol. The van der Waals surface area contributed by atoms with Gasteiger partial charge in [0.25, 0.3) is 0 Å². The summed E-state index contributed by atoms with van der Waals surface area (Å²) in [7, 11) is 0. The third-order valence-electron chi connectivity index (χ3n) is 4.98. The van der Waals surface area contributed by atoms with Crippen LogP contribution in [0.2, 0.25) is 0 Å². The van der Waals surface area contributed by atoms with E-state index < -0.39 is 0 Å². The van der Waals surface area contributed by atoms with Gasteiger partial charge >= 0.3 is 11.9 Å². The summed E-state index contributed by atoms with van der Waals surface area (Å²) in [5, 5.41) is 0. The average molecular weight is 306 g/mol. The first-order valence-corrected chi connectivity index (χ1v) is 7.73. The van der Waals surface area contributed by atoms with E-state index in [1.807, 2.05) is 6.92 Å². The molecule has 0 unspecified atom stereocenters. The Balaban J connectivity index is 1.91. The van der Waals surface area contributed by atoms with E-state index in [1.165, 1.54) is 6.92 Å². The SMILES string of the molecule is C=C1C(=O)O[C@@H]2[C@H]3O[C@]3(C)CC/C=C(/C)[C@@H](OC(C)=O)C[C@@H]12. The number of carbonyl (C=O) groups is 2. The number of hydrogen-bond acceptors (Lipinski definition) is 5. The van der Waals surface area contributed by atoms with Gasteiger partial charge in [0.1, 0.15) is 18.3 Å². The molecule has 0 N–H and O–H groups in total. The molecule has 0 aromatic rings. The maximum Gasteiger partial charge on any atom is 0.334 e. The van der Waals surface area contributed by atoms with Gasteiger partial charge in [-0.1, -0.05) is 12.7 Å². The molecule has 5 nitrogen and oxygen atoms in total. The molecule has 2 heterocycles. The normalized spacial score (nSPS) is 43.3. The predicted octanol–water partition coefficient (Wildman–Crippen LogP) is 2.30. The number of fused-ring (bicyclic) bond motifs is 3. The standard InChI is InChI=1S/C17H22O5/c1-9-6-5-7-17(4)15(22-17)14-12(10(2)16(19)21-14)8-13(9)20-11(3)18/h6,12-15H,2,5,7-8H2,1,3-4H3/b9-6-/t12-,13-,14-,15+,17+/m0/s1. The second kappa shape index (κ2) is 5.23. The van der Waals surface area contributed by atoms with Crippen molar-refractivity contribution in [3.05, 3.63) is 23.8 Å². The molecule has 5 atom stereocenters. The van der Waals surface area contributed by atoms with Crippen LogP contribution in [0.5, 0.6) is 0 Å². The van der Waals surface area contributed by atoms with Crippen LogP contribution in [-0.2, 0) is 23.8 Å². The fraction of sp³-hybridized carbons (Fsp3) is 0.647. The van der Waals surface area contributed by atoms with E-state index in [4.69, 9.17) is 14.2 Å². The summed E-state index contributed by atoms with van der Waals surface area (Å²) in [4.78, 5) is 23.3. The average Bonchev–Trinajstić information content (AvgIpc) is 3.02. The molecule has 0 spiro atoms. The van der Waals surface area contributed by atoms with Gasteiger partial charge in [0, 0.05) is 18.4 Å². The molecule has 0 amide bonds. The summed E-state index contributed by atoms with van der Waals surface area (Å²) in [6.45, 7) is 9.28. The van der Waals surface area contributed by atoms with E-state index in [1.54, 1.807) is 0 Å². The molecule has 0 aromatic carbocycles. The highest BCUT2D eigenvalue weighted by Crippen LogP contribution is 2.50. The van der Waals surface area contributed by atoms with Gasteiger partial charge in [0.05, 0.1) is 5.60 Å². The number of epoxide rings is 1. The van der Waals surface area contributed by atoms with E-state index in [2.05, 4.69) is 19.6 Å². The second-order valence-electron chi connectivity index (χ2n) is 6.67. The van der Waals surface area contributed by atoms with Crippen LogP contribution in [0, 0.1) is 5.92 Å². The Bertz CT molecular complexity index is 563. The van der Waals surface area contributed by atoms with Crippen LogP contribution < -0.4 is 0 Å². The minimum atomic E-state index is -0.365. The fourth-order valence-corrected chi connectivity index (χ4v) is 3.53. The second-order valence-corrected chi connectivity index (χ2v) is 6.67. The van der Waals surface area contributed by atoms with Crippen molar-refractivity contribution in [3.63, 3.8) is 0 Å². The molecule has 3 rings (SSSR count). The van der Waals surface area contributed by atoms with Crippen LogP contribution in [-0.4, -0.2) is 35.9 Å². The summed E-state index contributed by atoms with van der Waals surface area (Å²) in [5.74, 6) is -0.866. The Morgan fingerprint density at radius 3 is 2.91 bits per heavy atom. The molecular weight excluding hydrogens is 284 g/mol. The molecule has 0 saturated carbocycles. The van der Waals surface area contributed by atoms with Gasteiger partial charge in [-0.25, -0.2) is 4.79 Å². The van der Waals surface area contributed by atoms with Crippen LogP contribution in [0.1, 0.15) is 40.0 Å². The Labute approximate surface area is 130 Å². The van der Waals surface area contributed by atoms with E-state index in [9.17, 15) is 9.59 Å². The van der Waals surface area contributed by atoms with Gasteiger partial charge in [-0.15, -0.1) is 0 Å². The van der Waals surface area contributed by atoms with Gasteiger partial charge in [0.15, 0.2) is 0 Å². The number of allylic oxidation sites excluding steroid dienone is 1. The zero-order valence-corrected chi connectivity index (χ0v) is 13.3. The first kappa shape index (κ1) is 15.3. The predicted molar refractivity (Wildman–Crippen MR) is 79.0 cm³/mol. The van der Waals surface area contributed by atoms with Crippen molar-refractivity contribution in [2.75, 3.05) is 0 Å². The van der Waals surface area contributed by atoms with Crippen LogP contribution in [0.25, 0.3) is 0 Å². The smallest absolute Gasteiger partial charge is 0.334 e. The Hall–Kier alpha value is -1.62. The molecule has 1 aliphatic carbocycles. The largest absolute Gasteiger partial charge is 0.458 e. The Morgan fingerprint density at radius 1 is 1.50 bits per heavy atom. The molecule has 22 heavy (non-hydrogen) atoms. The van der Waals surface area contributed by atoms with Gasteiger partial charge in [0.2, 0.25) is 0 Å². The maximum atomic E-state index is 11.9. The molecular formula is C17H22O5. The molecule has 5 heteroatoms. The fourth-order valence-electron chi connectivity index (χ4n) is 3.53. The van der Waals surface area contributed by atoms with Gasteiger partial charge < -0.3 is 14.2 Å². The van der Waals surface area contributed by atoms with E-state index in [0.29, 0.717) is 12.0 Å². The van der Waals surface area contributed by atoms with Crippen molar-refractivity contribution < 1.29 is 23.8 Å². The quantitative estimate of drug-likeness (QED) is 0.322. The number of hydrogen-bond donors (Lipinski definition) is 0. The van der Waals surface area contributed by atoms with Crippen LogP contribution in [0.15, 0.2) is 23.8 Å². The van der Waals surface area contributed by atoms with Gasteiger partial charge in [-0.05, 0) is 38.7 Å². The van der Waals surface area contributed by atoms with Crippen molar-refractivity contribution in [1.29, 1.82) is 0 Å². The highest BCUT2D eigenvalue weighted by Gasteiger charge is 2.61. The van der Waals surface area contributed by atoms with E-state index in [-0.39, 0.29) is 41.8 Å². The number of esters is 2. The summed E-state index contributed by atoms with van der Waals surface area (Å²) in [6, 6.07) is 0. The summed E-state index contributed by atoms with van der Waals surface area (Å²) in [6.07, 6.45) is 3.54. The van der Waals surface area contributed by atoms with Crippen molar-refractivity contribution in [1.82, 2.24) is 0 Å². The van der Waals surface area contributed by atoms with E-state index >= 15 is 0 Å². The maximum absolute atomic E-state index is 11.9. The highest BCUT2D eigenvalue weighted by atomic mass is 16.6. The molecule has 3 aliphatic rings. The Kier molecular flexibility index (Phi) is 3.63. The lowest BCUT2D eigenvalue weighted by Gasteiger charge is -2.25. The molecule has 2 fully saturated rings. The lowest BCUT2D eigenvalue weighted by Crippen LogP contribution is -2.32. The van der Waals surface area contributed by atoms with Crippen LogP contribution >= 0.6 is 0 Å². The van der Waals surface area contributed by atoms with Crippen molar-refractivity contribution in [3.8, 4) is 0 Å². The molecule has 0 radical (unpaired) electrons. The number of carbonyl (C=O) groups excluding carboxylic acids is 2. The van der Waals surface area contributed by atoms with Crippen molar-refractivity contribution >= 4 is 11.9 Å². The van der Waals surface area contributed by atoms with Crippen molar-refractivity contribution in [2.45, 2.75) is 63.9 Å². The Morgan fingerprint density at radius 2 is 2.23 bits per heavy atom.